The van der Waals surface area contributed by atoms with Crippen molar-refractivity contribution in [2.45, 2.75) is 46.5 Å². The summed E-state index contributed by atoms with van der Waals surface area (Å²) in [6, 6.07) is 2.24. The Balaban J connectivity index is 1.93. The molecule has 1 amide bonds. The lowest BCUT2D eigenvalue weighted by molar-refractivity contribution is -0.121. The summed E-state index contributed by atoms with van der Waals surface area (Å²) in [5.74, 6) is -1.56. The average Bonchev–Trinajstić information content (AvgIpc) is 2.41. The number of carbonyl (C=O) groups excluding carboxylic acids is 1. The zero-order chi connectivity index (χ0) is 15.6. The highest BCUT2D eigenvalue weighted by atomic mass is 19.1. The standard InChI is InChI=1S/C16H22F2N2O/c1-16(2,3)11-6-4-10(5-7-11)15(21)19-12-8-9-13(17)20-14(12)18/h8-11H,4-7H2,1-3H3,(H,19,21). The van der Waals surface area contributed by atoms with Crippen molar-refractivity contribution in [3.63, 3.8) is 0 Å². The number of nitrogens with one attached hydrogen (secondary N) is 1. The monoisotopic (exact) mass is 296 g/mol. The molecule has 1 aliphatic carbocycles. The van der Waals surface area contributed by atoms with E-state index in [0.29, 0.717) is 5.92 Å². The molecule has 0 spiro atoms. The van der Waals surface area contributed by atoms with Gasteiger partial charge in [-0.15, -0.1) is 0 Å². The van der Waals surface area contributed by atoms with Gasteiger partial charge in [0.1, 0.15) is 0 Å². The maximum atomic E-state index is 13.4. The molecule has 0 bridgehead atoms. The molecule has 0 aliphatic heterocycles. The molecule has 0 unspecified atom stereocenters. The summed E-state index contributed by atoms with van der Waals surface area (Å²) in [5.41, 5.74) is 0.202. The summed E-state index contributed by atoms with van der Waals surface area (Å²) in [7, 11) is 0. The Hall–Kier alpha value is -1.52. The van der Waals surface area contributed by atoms with Crippen LogP contribution >= 0.6 is 0 Å². The molecule has 1 saturated carbocycles. The van der Waals surface area contributed by atoms with E-state index in [1.807, 2.05) is 0 Å². The number of halogens is 2. The summed E-state index contributed by atoms with van der Waals surface area (Å²) in [4.78, 5) is 15.2. The number of anilines is 1. The van der Waals surface area contributed by atoms with Crippen molar-refractivity contribution in [3.05, 3.63) is 24.0 Å². The van der Waals surface area contributed by atoms with Crippen molar-refractivity contribution in [3.8, 4) is 0 Å². The van der Waals surface area contributed by atoms with Crippen molar-refractivity contribution in [1.82, 2.24) is 4.98 Å². The van der Waals surface area contributed by atoms with E-state index < -0.39 is 11.9 Å². The molecule has 0 radical (unpaired) electrons. The number of aromatic nitrogens is 1. The molecular formula is C16H22F2N2O. The van der Waals surface area contributed by atoms with Crippen LogP contribution in [0.25, 0.3) is 0 Å². The largest absolute Gasteiger partial charge is 0.322 e. The van der Waals surface area contributed by atoms with E-state index in [1.54, 1.807) is 0 Å². The molecular weight excluding hydrogens is 274 g/mol. The highest BCUT2D eigenvalue weighted by Crippen LogP contribution is 2.40. The van der Waals surface area contributed by atoms with Crippen LogP contribution in [0.1, 0.15) is 46.5 Å². The Bertz CT molecular complexity index is 517. The number of amides is 1. The third-order valence-corrected chi connectivity index (χ3v) is 4.40. The van der Waals surface area contributed by atoms with Gasteiger partial charge in [0.25, 0.3) is 0 Å². The number of hydrogen-bond acceptors (Lipinski definition) is 2. The Labute approximate surface area is 124 Å². The molecule has 1 aromatic heterocycles. The topological polar surface area (TPSA) is 42.0 Å². The number of rotatable bonds is 2. The second-order valence-corrected chi connectivity index (χ2v) is 6.88. The minimum absolute atomic E-state index is 0.0562. The molecule has 1 N–H and O–H groups in total. The summed E-state index contributed by atoms with van der Waals surface area (Å²) >= 11 is 0. The lowest BCUT2D eigenvalue weighted by Gasteiger charge is -2.36. The smallest absolute Gasteiger partial charge is 0.239 e. The van der Waals surface area contributed by atoms with Crippen LogP contribution in [0.5, 0.6) is 0 Å². The van der Waals surface area contributed by atoms with Gasteiger partial charge in [0.15, 0.2) is 0 Å². The van der Waals surface area contributed by atoms with E-state index in [-0.39, 0.29) is 22.9 Å². The Morgan fingerprint density at radius 2 is 1.81 bits per heavy atom. The molecule has 0 atom stereocenters. The van der Waals surface area contributed by atoms with Gasteiger partial charge >= 0.3 is 0 Å². The molecule has 1 aromatic rings. The molecule has 3 nitrogen and oxygen atoms in total. The molecule has 1 fully saturated rings. The van der Waals surface area contributed by atoms with Gasteiger partial charge < -0.3 is 5.32 Å². The van der Waals surface area contributed by atoms with Crippen LogP contribution in [0.2, 0.25) is 0 Å². The predicted octanol–water partition coefficient (Wildman–Crippen LogP) is 4.15. The van der Waals surface area contributed by atoms with E-state index in [0.717, 1.165) is 31.7 Å². The third-order valence-electron chi connectivity index (χ3n) is 4.40. The Morgan fingerprint density at radius 3 is 2.33 bits per heavy atom. The summed E-state index contributed by atoms with van der Waals surface area (Å²) in [6.45, 7) is 6.66. The van der Waals surface area contributed by atoms with Crippen molar-refractivity contribution in [2.75, 3.05) is 5.32 Å². The highest BCUT2D eigenvalue weighted by molar-refractivity contribution is 5.92. The van der Waals surface area contributed by atoms with Crippen LogP contribution in [0.4, 0.5) is 14.5 Å². The zero-order valence-electron chi connectivity index (χ0n) is 12.7. The first-order valence-corrected chi connectivity index (χ1v) is 7.40. The molecule has 5 heteroatoms. The third kappa shape index (κ3) is 3.99. The minimum atomic E-state index is -0.980. The van der Waals surface area contributed by atoms with Gasteiger partial charge in [0, 0.05) is 5.92 Å². The van der Waals surface area contributed by atoms with Crippen molar-refractivity contribution < 1.29 is 13.6 Å². The second-order valence-electron chi connectivity index (χ2n) is 6.88. The predicted molar refractivity (Wildman–Crippen MR) is 77.7 cm³/mol. The molecule has 21 heavy (non-hydrogen) atoms. The van der Waals surface area contributed by atoms with Crippen LogP contribution in [0.3, 0.4) is 0 Å². The Kier molecular flexibility index (Phi) is 4.59. The van der Waals surface area contributed by atoms with Gasteiger partial charge in [0.05, 0.1) is 5.69 Å². The second kappa shape index (κ2) is 6.08. The number of pyridine rings is 1. The number of hydrogen-bond donors (Lipinski definition) is 1. The first kappa shape index (κ1) is 15.9. The van der Waals surface area contributed by atoms with Crippen LogP contribution < -0.4 is 5.32 Å². The lowest BCUT2D eigenvalue weighted by Crippen LogP contribution is -2.31. The minimum Gasteiger partial charge on any atom is -0.322 e. The lowest BCUT2D eigenvalue weighted by atomic mass is 9.69. The van der Waals surface area contributed by atoms with Gasteiger partial charge in [-0.2, -0.15) is 13.8 Å². The SMILES string of the molecule is CC(C)(C)C1CCC(C(=O)Nc2ccc(F)nc2F)CC1. The molecule has 0 aromatic carbocycles. The van der Waals surface area contributed by atoms with Crippen molar-refractivity contribution in [2.24, 2.45) is 17.3 Å². The maximum Gasteiger partial charge on any atom is 0.239 e. The normalized spacial score (nSPS) is 22.9. The van der Waals surface area contributed by atoms with Crippen LogP contribution in [-0.4, -0.2) is 10.9 Å². The Morgan fingerprint density at radius 1 is 1.19 bits per heavy atom. The quantitative estimate of drug-likeness (QED) is 0.833. The molecule has 116 valence electrons. The summed E-state index contributed by atoms with van der Waals surface area (Å²) in [5, 5.41) is 2.52. The van der Waals surface area contributed by atoms with Gasteiger partial charge in [0.2, 0.25) is 17.8 Å². The fourth-order valence-electron chi connectivity index (χ4n) is 2.96. The fourth-order valence-corrected chi connectivity index (χ4v) is 2.96. The first-order chi connectivity index (χ1) is 9.77. The van der Waals surface area contributed by atoms with Gasteiger partial charge in [-0.25, -0.2) is 0 Å². The van der Waals surface area contributed by atoms with Gasteiger partial charge in [-0.1, -0.05) is 20.8 Å². The van der Waals surface area contributed by atoms with Gasteiger partial charge in [-0.05, 0) is 49.1 Å². The fraction of sp³-hybridized carbons (Fsp3) is 0.625. The molecule has 2 rings (SSSR count). The van der Waals surface area contributed by atoms with E-state index in [4.69, 9.17) is 0 Å². The summed E-state index contributed by atoms with van der Waals surface area (Å²) in [6.07, 6.45) is 3.63. The number of carbonyl (C=O) groups is 1. The van der Waals surface area contributed by atoms with Crippen molar-refractivity contribution in [1.29, 1.82) is 0 Å². The maximum absolute atomic E-state index is 13.4. The molecule has 1 heterocycles. The van der Waals surface area contributed by atoms with Crippen LogP contribution in [0.15, 0.2) is 12.1 Å². The average molecular weight is 296 g/mol. The first-order valence-electron chi connectivity index (χ1n) is 7.40. The highest BCUT2D eigenvalue weighted by Gasteiger charge is 2.32. The summed E-state index contributed by atoms with van der Waals surface area (Å²) < 4.78 is 26.2. The van der Waals surface area contributed by atoms with E-state index in [2.05, 4.69) is 31.1 Å². The van der Waals surface area contributed by atoms with E-state index >= 15 is 0 Å². The van der Waals surface area contributed by atoms with E-state index in [9.17, 15) is 13.6 Å². The zero-order valence-corrected chi connectivity index (χ0v) is 12.7. The van der Waals surface area contributed by atoms with Crippen LogP contribution in [-0.2, 0) is 4.79 Å². The number of nitrogens with zero attached hydrogens (tertiary/aromatic N) is 1. The molecule has 0 saturated heterocycles. The van der Waals surface area contributed by atoms with Gasteiger partial charge in [-0.3, -0.25) is 4.79 Å². The van der Waals surface area contributed by atoms with Crippen molar-refractivity contribution >= 4 is 11.6 Å². The molecule has 1 aliphatic rings. The van der Waals surface area contributed by atoms with E-state index in [1.165, 1.54) is 6.07 Å². The van der Waals surface area contributed by atoms with Crippen LogP contribution in [0, 0.1) is 29.1 Å².